The highest BCUT2D eigenvalue weighted by Gasteiger charge is 2.09. The summed E-state index contributed by atoms with van der Waals surface area (Å²) < 4.78 is 14.8. The number of halogens is 2. The molecule has 0 heterocycles. The lowest BCUT2D eigenvalue weighted by Crippen LogP contribution is -1.89. The number of fused-ring (bicyclic) bond motifs is 1. The third-order valence-corrected chi connectivity index (χ3v) is 4.06. The molecule has 3 rings (SSSR count). The van der Waals surface area contributed by atoms with E-state index in [0.717, 1.165) is 23.8 Å². The number of hydrogen-bond donors (Lipinski definition) is 0. The fourth-order valence-electron chi connectivity index (χ4n) is 2.62. The molecule has 0 fully saturated rings. The fourth-order valence-corrected chi connectivity index (χ4v) is 2.74. The van der Waals surface area contributed by atoms with E-state index in [4.69, 9.17) is 11.6 Å². The molecule has 0 nitrogen and oxygen atoms in total. The highest BCUT2D eigenvalue weighted by molar-refractivity contribution is 6.30. The van der Waals surface area contributed by atoms with Gasteiger partial charge in [0, 0.05) is 16.0 Å². The summed E-state index contributed by atoms with van der Waals surface area (Å²) in [5.74, 6) is -0.185. The maximum Gasteiger partial charge on any atom is 0.138 e. The molecule has 22 heavy (non-hydrogen) atoms. The number of aryl methyl sites for hydroxylation is 1. The molecule has 0 atom stereocenters. The maximum atomic E-state index is 14.8. The first kappa shape index (κ1) is 14.8. The summed E-state index contributed by atoms with van der Waals surface area (Å²) in [7, 11) is 0. The second-order valence-electron chi connectivity index (χ2n) is 5.32. The minimum absolute atomic E-state index is 0.185. The molecular formula is C20H16ClF. The normalized spacial score (nSPS) is 10.8. The number of hydrogen-bond acceptors (Lipinski definition) is 0. The Bertz CT molecular complexity index is 819. The van der Waals surface area contributed by atoms with Gasteiger partial charge in [0.2, 0.25) is 0 Å². The summed E-state index contributed by atoms with van der Waals surface area (Å²) >= 11 is 5.89. The van der Waals surface area contributed by atoms with Crippen LogP contribution in [0.5, 0.6) is 0 Å². The van der Waals surface area contributed by atoms with E-state index in [9.17, 15) is 4.39 Å². The fraction of sp³-hybridized carbons (Fsp3) is 0.100. The van der Waals surface area contributed by atoms with E-state index >= 15 is 0 Å². The lowest BCUT2D eigenvalue weighted by Gasteiger charge is -2.09. The molecule has 0 aliphatic heterocycles. The summed E-state index contributed by atoms with van der Waals surface area (Å²) in [6, 6.07) is 16.9. The molecule has 0 aromatic heterocycles. The van der Waals surface area contributed by atoms with E-state index in [2.05, 4.69) is 6.58 Å². The van der Waals surface area contributed by atoms with Gasteiger partial charge in [0.25, 0.3) is 0 Å². The third-order valence-electron chi connectivity index (χ3n) is 3.81. The molecule has 0 N–H and O–H groups in total. The molecule has 0 saturated carbocycles. The van der Waals surface area contributed by atoms with Crippen molar-refractivity contribution in [3.05, 3.63) is 83.7 Å². The Morgan fingerprint density at radius 3 is 2.50 bits per heavy atom. The molecule has 2 heteroatoms. The molecular weight excluding hydrogens is 295 g/mol. The van der Waals surface area contributed by atoms with Gasteiger partial charge in [-0.3, -0.25) is 0 Å². The molecule has 0 spiro atoms. The van der Waals surface area contributed by atoms with E-state index in [-0.39, 0.29) is 5.82 Å². The van der Waals surface area contributed by atoms with Crippen LogP contribution in [0, 0.1) is 5.82 Å². The zero-order valence-electron chi connectivity index (χ0n) is 12.2. The second-order valence-corrected chi connectivity index (χ2v) is 5.75. The average molecular weight is 311 g/mol. The van der Waals surface area contributed by atoms with E-state index in [1.807, 2.05) is 48.5 Å². The molecule has 3 aromatic rings. The van der Waals surface area contributed by atoms with Gasteiger partial charge in [-0.15, -0.1) is 6.58 Å². The minimum atomic E-state index is -0.185. The van der Waals surface area contributed by atoms with Gasteiger partial charge < -0.3 is 0 Å². The van der Waals surface area contributed by atoms with Crippen LogP contribution in [0.15, 0.2) is 67.3 Å². The molecule has 3 aromatic carbocycles. The first-order valence-electron chi connectivity index (χ1n) is 7.27. The van der Waals surface area contributed by atoms with Crippen molar-refractivity contribution in [2.45, 2.75) is 12.8 Å². The third kappa shape index (κ3) is 2.90. The Labute approximate surface area is 134 Å². The number of benzene rings is 3. The summed E-state index contributed by atoms with van der Waals surface area (Å²) in [4.78, 5) is 0. The Morgan fingerprint density at radius 1 is 1.00 bits per heavy atom. The lowest BCUT2D eigenvalue weighted by molar-refractivity contribution is 0.643. The van der Waals surface area contributed by atoms with Crippen LogP contribution in [-0.2, 0) is 6.42 Å². The van der Waals surface area contributed by atoms with Crippen LogP contribution in [-0.4, -0.2) is 0 Å². The standard InChI is InChI=1S/C20H16ClF/c1-2-3-4-14-5-11-19-16(13-14)8-12-18(20(19)22)15-6-9-17(21)10-7-15/h2,5-13H,1,3-4H2. The van der Waals surface area contributed by atoms with Gasteiger partial charge in [-0.1, -0.05) is 60.1 Å². The van der Waals surface area contributed by atoms with Crippen LogP contribution in [0.3, 0.4) is 0 Å². The van der Waals surface area contributed by atoms with Gasteiger partial charge in [0.1, 0.15) is 5.82 Å². The Balaban J connectivity index is 2.06. The summed E-state index contributed by atoms with van der Waals surface area (Å²) in [6.45, 7) is 3.73. The van der Waals surface area contributed by atoms with Crippen LogP contribution in [0.4, 0.5) is 4.39 Å². The van der Waals surface area contributed by atoms with E-state index in [1.165, 1.54) is 5.56 Å². The Kier molecular flexibility index (Phi) is 4.26. The molecule has 0 amide bonds. The predicted molar refractivity (Wildman–Crippen MR) is 92.9 cm³/mol. The Morgan fingerprint density at radius 2 is 1.77 bits per heavy atom. The predicted octanol–water partition coefficient (Wildman–Crippen LogP) is 6.42. The van der Waals surface area contributed by atoms with Crippen molar-refractivity contribution in [1.82, 2.24) is 0 Å². The molecule has 0 radical (unpaired) electrons. The number of rotatable bonds is 4. The van der Waals surface area contributed by atoms with Gasteiger partial charge >= 0.3 is 0 Å². The van der Waals surface area contributed by atoms with Gasteiger partial charge in [0.05, 0.1) is 0 Å². The van der Waals surface area contributed by atoms with Crippen molar-refractivity contribution >= 4 is 22.4 Å². The van der Waals surface area contributed by atoms with Crippen molar-refractivity contribution in [2.24, 2.45) is 0 Å². The monoisotopic (exact) mass is 310 g/mol. The topological polar surface area (TPSA) is 0 Å². The van der Waals surface area contributed by atoms with Crippen molar-refractivity contribution in [3.8, 4) is 11.1 Å². The van der Waals surface area contributed by atoms with Crippen LogP contribution in [0.25, 0.3) is 21.9 Å². The molecule has 110 valence electrons. The second kappa shape index (κ2) is 6.33. The SMILES string of the molecule is C=CCCc1ccc2c(F)c(-c3ccc(Cl)cc3)ccc2c1. The van der Waals surface area contributed by atoms with Gasteiger partial charge in [0.15, 0.2) is 0 Å². The zero-order chi connectivity index (χ0) is 15.5. The molecule has 0 aliphatic rings. The molecule has 0 aliphatic carbocycles. The van der Waals surface area contributed by atoms with Gasteiger partial charge in [-0.05, 0) is 41.5 Å². The van der Waals surface area contributed by atoms with Crippen molar-refractivity contribution in [3.63, 3.8) is 0 Å². The van der Waals surface area contributed by atoms with Gasteiger partial charge in [-0.2, -0.15) is 0 Å². The van der Waals surface area contributed by atoms with Crippen molar-refractivity contribution < 1.29 is 4.39 Å². The highest BCUT2D eigenvalue weighted by atomic mass is 35.5. The van der Waals surface area contributed by atoms with Crippen LogP contribution < -0.4 is 0 Å². The zero-order valence-corrected chi connectivity index (χ0v) is 12.9. The summed E-state index contributed by atoms with van der Waals surface area (Å²) in [5, 5.41) is 2.23. The van der Waals surface area contributed by atoms with Gasteiger partial charge in [-0.25, -0.2) is 4.39 Å². The van der Waals surface area contributed by atoms with Crippen molar-refractivity contribution in [2.75, 3.05) is 0 Å². The van der Waals surface area contributed by atoms with E-state index < -0.39 is 0 Å². The first-order valence-corrected chi connectivity index (χ1v) is 7.65. The molecule has 0 bridgehead atoms. The first-order chi connectivity index (χ1) is 10.7. The lowest BCUT2D eigenvalue weighted by atomic mass is 9.98. The van der Waals surface area contributed by atoms with E-state index in [0.29, 0.717) is 16.0 Å². The summed E-state index contributed by atoms with van der Waals surface area (Å²) in [6.07, 6.45) is 3.76. The van der Waals surface area contributed by atoms with Crippen molar-refractivity contribution in [1.29, 1.82) is 0 Å². The smallest absolute Gasteiger partial charge is 0.138 e. The van der Waals surface area contributed by atoms with Crippen LogP contribution in [0.2, 0.25) is 5.02 Å². The quantitative estimate of drug-likeness (QED) is 0.488. The van der Waals surface area contributed by atoms with E-state index in [1.54, 1.807) is 12.1 Å². The number of allylic oxidation sites excluding steroid dienone is 1. The van der Waals surface area contributed by atoms with Crippen LogP contribution in [0.1, 0.15) is 12.0 Å². The maximum absolute atomic E-state index is 14.8. The molecule has 0 saturated heterocycles. The Hall–Kier alpha value is -2.12. The largest absolute Gasteiger partial charge is 0.206 e. The molecule has 0 unspecified atom stereocenters. The highest BCUT2D eigenvalue weighted by Crippen LogP contribution is 2.30. The summed E-state index contributed by atoms with van der Waals surface area (Å²) in [5.41, 5.74) is 2.63. The average Bonchev–Trinajstić information content (AvgIpc) is 2.54. The van der Waals surface area contributed by atoms with Crippen LogP contribution >= 0.6 is 11.6 Å². The minimum Gasteiger partial charge on any atom is -0.206 e.